The quantitative estimate of drug-likeness (QED) is 0.620. The van der Waals surface area contributed by atoms with Gasteiger partial charge in [-0.05, 0) is 43.6 Å². The largest absolute Gasteiger partial charge is 0.493 e. The fourth-order valence-electron chi connectivity index (χ4n) is 2.74. The van der Waals surface area contributed by atoms with Crippen LogP contribution in [0.1, 0.15) is 45.4 Å². The van der Waals surface area contributed by atoms with Gasteiger partial charge in [0.2, 0.25) is 0 Å². The summed E-state index contributed by atoms with van der Waals surface area (Å²) in [6.45, 7) is 5.65. The van der Waals surface area contributed by atoms with Crippen LogP contribution in [-0.4, -0.2) is 19.7 Å². The molecule has 0 saturated heterocycles. The standard InChI is InChI=1S/C20H29NO/c1-2-3-15-21-16-8-4-5-9-17-22-20-14-10-12-18-11-6-7-13-19(18)20/h6-7,10-14,21H,2-5,8-9,15-17H2,1H3/p+1. The molecule has 2 aromatic carbocycles. The summed E-state index contributed by atoms with van der Waals surface area (Å²) in [6, 6.07) is 14.7. The summed E-state index contributed by atoms with van der Waals surface area (Å²) in [4.78, 5) is 0. The van der Waals surface area contributed by atoms with Crippen LogP contribution in [0.15, 0.2) is 42.5 Å². The Balaban J connectivity index is 1.59. The molecule has 0 aliphatic rings. The molecule has 0 fully saturated rings. The first kappa shape index (κ1) is 16.8. The van der Waals surface area contributed by atoms with Crippen LogP contribution in [0.2, 0.25) is 0 Å². The van der Waals surface area contributed by atoms with Gasteiger partial charge in [-0.2, -0.15) is 0 Å². The van der Waals surface area contributed by atoms with Crippen LogP contribution in [-0.2, 0) is 0 Å². The first-order valence-electron chi connectivity index (χ1n) is 8.84. The normalized spacial score (nSPS) is 11.0. The number of benzene rings is 2. The van der Waals surface area contributed by atoms with Crippen molar-refractivity contribution >= 4 is 10.8 Å². The molecule has 0 amide bonds. The summed E-state index contributed by atoms with van der Waals surface area (Å²) in [5, 5.41) is 4.92. The third-order valence-electron chi connectivity index (χ3n) is 4.07. The Hall–Kier alpha value is -1.54. The highest BCUT2D eigenvalue weighted by atomic mass is 16.5. The maximum absolute atomic E-state index is 5.97. The number of quaternary nitrogens is 1. The Morgan fingerprint density at radius 2 is 1.59 bits per heavy atom. The highest BCUT2D eigenvalue weighted by molar-refractivity contribution is 5.88. The predicted molar refractivity (Wildman–Crippen MR) is 94.5 cm³/mol. The van der Waals surface area contributed by atoms with Crippen LogP contribution >= 0.6 is 0 Å². The zero-order valence-electron chi connectivity index (χ0n) is 13.9. The molecule has 2 nitrogen and oxygen atoms in total. The van der Waals surface area contributed by atoms with Crippen LogP contribution < -0.4 is 10.1 Å². The Morgan fingerprint density at radius 3 is 2.50 bits per heavy atom. The summed E-state index contributed by atoms with van der Waals surface area (Å²) in [6.07, 6.45) is 7.73. The monoisotopic (exact) mass is 300 g/mol. The molecule has 2 aromatic rings. The van der Waals surface area contributed by atoms with Crippen LogP contribution in [0.4, 0.5) is 0 Å². The lowest BCUT2D eigenvalue weighted by Crippen LogP contribution is -2.84. The molecule has 0 unspecified atom stereocenters. The number of fused-ring (bicyclic) bond motifs is 1. The zero-order chi connectivity index (χ0) is 15.5. The van der Waals surface area contributed by atoms with Gasteiger partial charge in [0.15, 0.2) is 0 Å². The van der Waals surface area contributed by atoms with E-state index in [0.29, 0.717) is 0 Å². The van der Waals surface area contributed by atoms with Gasteiger partial charge in [0.05, 0.1) is 19.7 Å². The molecule has 120 valence electrons. The number of hydrogen-bond acceptors (Lipinski definition) is 1. The van der Waals surface area contributed by atoms with Crippen molar-refractivity contribution < 1.29 is 10.1 Å². The highest BCUT2D eigenvalue weighted by Crippen LogP contribution is 2.25. The Morgan fingerprint density at radius 1 is 0.818 bits per heavy atom. The van der Waals surface area contributed by atoms with E-state index in [-0.39, 0.29) is 0 Å². The van der Waals surface area contributed by atoms with Crippen LogP contribution in [0.25, 0.3) is 10.8 Å². The van der Waals surface area contributed by atoms with Gasteiger partial charge < -0.3 is 10.1 Å². The minimum absolute atomic E-state index is 0.827. The molecule has 0 bridgehead atoms. The van der Waals surface area contributed by atoms with Crippen molar-refractivity contribution in [2.24, 2.45) is 0 Å². The van der Waals surface area contributed by atoms with Gasteiger partial charge in [-0.25, -0.2) is 0 Å². The molecule has 0 spiro atoms. The maximum Gasteiger partial charge on any atom is 0.127 e. The number of rotatable bonds is 11. The van der Waals surface area contributed by atoms with Crippen molar-refractivity contribution in [2.75, 3.05) is 19.7 Å². The molecule has 0 radical (unpaired) electrons. The fourth-order valence-corrected chi connectivity index (χ4v) is 2.74. The van der Waals surface area contributed by atoms with E-state index in [1.165, 1.54) is 56.0 Å². The summed E-state index contributed by atoms with van der Waals surface area (Å²) >= 11 is 0. The number of ether oxygens (including phenoxy) is 1. The van der Waals surface area contributed by atoms with Crippen molar-refractivity contribution in [1.82, 2.24) is 0 Å². The van der Waals surface area contributed by atoms with Crippen molar-refractivity contribution in [3.05, 3.63) is 42.5 Å². The molecule has 2 rings (SSSR count). The lowest BCUT2D eigenvalue weighted by atomic mass is 10.1. The Labute approximate surface area is 134 Å². The third-order valence-corrected chi connectivity index (χ3v) is 4.07. The highest BCUT2D eigenvalue weighted by Gasteiger charge is 2.00. The molecule has 22 heavy (non-hydrogen) atoms. The fraction of sp³-hybridized carbons (Fsp3) is 0.500. The SMILES string of the molecule is CCCC[NH2+]CCCCCCOc1cccc2ccccc12. The number of hydrogen-bond donors (Lipinski definition) is 1. The van der Waals surface area contributed by atoms with E-state index in [0.717, 1.165) is 18.8 Å². The van der Waals surface area contributed by atoms with Crippen LogP contribution in [0, 0.1) is 0 Å². The third kappa shape index (κ3) is 5.69. The molecule has 0 aromatic heterocycles. The first-order chi connectivity index (χ1) is 10.9. The van der Waals surface area contributed by atoms with E-state index in [9.17, 15) is 0 Å². The second-order valence-electron chi connectivity index (χ2n) is 5.96. The van der Waals surface area contributed by atoms with Crippen molar-refractivity contribution in [1.29, 1.82) is 0 Å². The van der Waals surface area contributed by atoms with Crippen molar-refractivity contribution in [3.8, 4) is 5.75 Å². The molecule has 2 heteroatoms. The van der Waals surface area contributed by atoms with E-state index in [1.54, 1.807) is 0 Å². The second kappa shape index (κ2) is 10.2. The Kier molecular flexibility index (Phi) is 7.82. The molecule has 2 N–H and O–H groups in total. The minimum Gasteiger partial charge on any atom is -0.493 e. The van der Waals surface area contributed by atoms with Crippen LogP contribution in [0.5, 0.6) is 5.75 Å². The average Bonchev–Trinajstić information content (AvgIpc) is 2.56. The van der Waals surface area contributed by atoms with Crippen molar-refractivity contribution in [3.63, 3.8) is 0 Å². The summed E-state index contributed by atoms with van der Waals surface area (Å²) in [5.74, 6) is 1.02. The maximum atomic E-state index is 5.97. The van der Waals surface area contributed by atoms with Gasteiger partial charge in [-0.1, -0.05) is 49.7 Å². The van der Waals surface area contributed by atoms with Crippen molar-refractivity contribution in [2.45, 2.75) is 45.4 Å². The van der Waals surface area contributed by atoms with Crippen LogP contribution in [0.3, 0.4) is 0 Å². The summed E-state index contributed by atoms with van der Waals surface area (Å²) in [5.41, 5.74) is 0. The minimum atomic E-state index is 0.827. The zero-order valence-corrected chi connectivity index (χ0v) is 13.9. The van der Waals surface area contributed by atoms with E-state index in [4.69, 9.17) is 4.74 Å². The van der Waals surface area contributed by atoms with E-state index >= 15 is 0 Å². The van der Waals surface area contributed by atoms with Gasteiger partial charge in [-0.3, -0.25) is 0 Å². The second-order valence-corrected chi connectivity index (χ2v) is 5.96. The molecule has 0 aliphatic carbocycles. The smallest absolute Gasteiger partial charge is 0.127 e. The van der Waals surface area contributed by atoms with E-state index in [1.807, 2.05) is 0 Å². The topological polar surface area (TPSA) is 25.8 Å². The Bertz CT molecular complexity index is 533. The molecule has 0 atom stereocenters. The molecule has 0 saturated carbocycles. The summed E-state index contributed by atoms with van der Waals surface area (Å²) < 4.78 is 5.97. The lowest BCUT2D eigenvalue weighted by Gasteiger charge is -2.09. The van der Waals surface area contributed by atoms with Gasteiger partial charge in [0, 0.05) is 5.39 Å². The number of nitrogens with two attached hydrogens (primary N) is 1. The predicted octanol–water partition coefficient (Wildman–Crippen LogP) is 4.14. The van der Waals surface area contributed by atoms with Gasteiger partial charge in [-0.15, -0.1) is 0 Å². The van der Waals surface area contributed by atoms with E-state index in [2.05, 4.69) is 54.7 Å². The molecule has 0 heterocycles. The average molecular weight is 300 g/mol. The van der Waals surface area contributed by atoms with E-state index < -0.39 is 0 Å². The van der Waals surface area contributed by atoms with Gasteiger partial charge in [0.1, 0.15) is 5.75 Å². The van der Waals surface area contributed by atoms with Gasteiger partial charge in [0.25, 0.3) is 0 Å². The lowest BCUT2D eigenvalue weighted by molar-refractivity contribution is -0.655. The first-order valence-corrected chi connectivity index (χ1v) is 8.84. The van der Waals surface area contributed by atoms with Gasteiger partial charge >= 0.3 is 0 Å². The molecular weight excluding hydrogens is 270 g/mol. The number of unbranched alkanes of at least 4 members (excludes halogenated alkanes) is 4. The molecule has 0 aliphatic heterocycles. The molecular formula is C20H30NO+. The summed E-state index contributed by atoms with van der Waals surface area (Å²) in [7, 11) is 0.